The minimum absolute atomic E-state index is 0.284. The van der Waals surface area contributed by atoms with E-state index in [2.05, 4.69) is 39.0 Å². The molecule has 0 bridgehead atoms. The molecule has 2 rings (SSSR count). The van der Waals surface area contributed by atoms with E-state index in [1.165, 1.54) is 16.7 Å². The van der Waals surface area contributed by atoms with Gasteiger partial charge in [0.1, 0.15) is 5.78 Å². The average molecular weight is 202 g/mol. The zero-order valence-electron chi connectivity index (χ0n) is 9.71. The third kappa shape index (κ3) is 1.83. The third-order valence-corrected chi connectivity index (χ3v) is 3.43. The zero-order valence-corrected chi connectivity index (χ0v) is 9.71. The Hall–Kier alpha value is -1.11. The van der Waals surface area contributed by atoms with Gasteiger partial charge in [0.2, 0.25) is 0 Å². The summed E-state index contributed by atoms with van der Waals surface area (Å²) in [7, 11) is 0. The normalized spacial score (nSPS) is 25.1. The Morgan fingerprint density at radius 1 is 1.20 bits per heavy atom. The van der Waals surface area contributed by atoms with E-state index in [-0.39, 0.29) is 5.92 Å². The number of aryl methyl sites for hydroxylation is 2. The van der Waals surface area contributed by atoms with Crippen molar-refractivity contribution in [1.29, 1.82) is 0 Å². The van der Waals surface area contributed by atoms with Crippen molar-refractivity contribution in [3.63, 3.8) is 0 Å². The van der Waals surface area contributed by atoms with Crippen molar-refractivity contribution in [2.24, 2.45) is 5.92 Å². The van der Waals surface area contributed by atoms with Crippen LogP contribution in [0.3, 0.4) is 0 Å². The van der Waals surface area contributed by atoms with Crippen LogP contribution in [0.5, 0.6) is 0 Å². The van der Waals surface area contributed by atoms with E-state index in [9.17, 15) is 4.79 Å². The second-order valence-corrected chi connectivity index (χ2v) is 4.71. The molecule has 1 heteroatoms. The summed E-state index contributed by atoms with van der Waals surface area (Å²) in [4.78, 5) is 11.4. The highest BCUT2D eigenvalue weighted by molar-refractivity contribution is 5.89. The second-order valence-electron chi connectivity index (χ2n) is 4.71. The van der Waals surface area contributed by atoms with Crippen LogP contribution in [0, 0.1) is 19.8 Å². The monoisotopic (exact) mass is 202 g/mol. The Morgan fingerprint density at radius 3 is 2.27 bits per heavy atom. The summed E-state index contributed by atoms with van der Waals surface area (Å²) in [5, 5.41) is 0. The van der Waals surface area contributed by atoms with E-state index in [0.717, 1.165) is 12.8 Å². The summed E-state index contributed by atoms with van der Waals surface area (Å²) in [6.07, 6.45) is 1.73. The fraction of sp³-hybridized carbons (Fsp3) is 0.500. The van der Waals surface area contributed by atoms with Gasteiger partial charge in [0.05, 0.1) is 0 Å². The number of benzene rings is 1. The third-order valence-electron chi connectivity index (χ3n) is 3.43. The summed E-state index contributed by atoms with van der Waals surface area (Å²) in [5.74, 6) is 1.22. The maximum atomic E-state index is 11.4. The number of hydrogen-bond donors (Lipinski definition) is 0. The number of carbonyl (C=O) groups is 1. The van der Waals surface area contributed by atoms with Crippen LogP contribution in [0.1, 0.15) is 42.4 Å². The van der Waals surface area contributed by atoms with E-state index in [0.29, 0.717) is 11.7 Å². The topological polar surface area (TPSA) is 17.1 Å². The fourth-order valence-corrected chi connectivity index (χ4v) is 2.66. The number of ketones is 1. The molecule has 2 unspecified atom stereocenters. The lowest BCUT2D eigenvalue weighted by Gasteiger charge is -2.35. The first-order valence-corrected chi connectivity index (χ1v) is 5.72. The van der Waals surface area contributed by atoms with E-state index >= 15 is 0 Å². The molecule has 0 spiro atoms. The predicted molar refractivity (Wildman–Crippen MR) is 62.1 cm³/mol. The summed E-state index contributed by atoms with van der Waals surface area (Å²) in [6, 6.07) is 6.64. The van der Waals surface area contributed by atoms with Crippen molar-refractivity contribution in [3.05, 3.63) is 34.9 Å². The summed E-state index contributed by atoms with van der Waals surface area (Å²) >= 11 is 0. The Balaban J connectivity index is 2.27. The summed E-state index contributed by atoms with van der Waals surface area (Å²) in [5.41, 5.74) is 3.97. The molecule has 1 aliphatic carbocycles. The highest BCUT2D eigenvalue weighted by Gasteiger charge is 2.38. The maximum Gasteiger partial charge on any atom is 0.137 e. The molecule has 1 saturated carbocycles. The van der Waals surface area contributed by atoms with Crippen molar-refractivity contribution in [2.45, 2.75) is 39.5 Å². The van der Waals surface area contributed by atoms with Crippen LogP contribution in [-0.4, -0.2) is 5.78 Å². The van der Waals surface area contributed by atoms with E-state index in [1.54, 1.807) is 0 Å². The van der Waals surface area contributed by atoms with Crippen molar-refractivity contribution in [1.82, 2.24) is 0 Å². The summed E-state index contributed by atoms with van der Waals surface area (Å²) < 4.78 is 0. The van der Waals surface area contributed by atoms with Gasteiger partial charge in [-0.05, 0) is 25.8 Å². The molecule has 0 amide bonds. The molecule has 0 saturated heterocycles. The van der Waals surface area contributed by atoms with Gasteiger partial charge in [0.25, 0.3) is 0 Å². The van der Waals surface area contributed by atoms with Crippen LogP contribution in [0.2, 0.25) is 0 Å². The van der Waals surface area contributed by atoms with Gasteiger partial charge in [-0.2, -0.15) is 0 Å². The molecule has 1 aromatic carbocycles. The lowest BCUT2D eigenvalue weighted by molar-refractivity contribution is -0.131. The van der Waals surface area contributed by atoms with E-state index in [4.69, 9.17) is 0 Å². The van der Waals surface area contributed by atoms with Crippen LogP contribution >= 0.6 is 0 Å². The standard InChI is InChI=1S/C14H18O/c1-4-12-13(8-14(12)15)11-6-9(2)5-10(3)7-11/h5-7,12-13H,4,8H2,1-3H3. The minimum atomic E-state index is 0.284. The number of carbonyl (C=O) groups excluding carboxylic acids is 1. The van der Waals surface area contributed by atoms with Gasteiger partial charge in [-0.1, -0.05) is 36.2 Å². The smallest absolute Gasteiger partial charge is 0.137 e. The largest absolute Gasteiger partial charge is 0.299 e. The molecule has 2 atom stereocenters. The first-order chi connectivity index (χ1) is 7.11. The molecule has 0 radical (unpaired) electrons. The summed E-state index contributed by atoms with van der Waals surface area (Å²) in [6.45, 7) is 6.35. The molecule has 0 aliphatic heterocycles. The van der Waals surface area contributed by atoms with E-state index in [1.807, 2.05) is 0 Å². The lowest BCUT2D eigenvalue weighted by Crippen LogP contribution is -2.34. The van der Waals surface area contributed by atoms with Crippen LogP contribution in [0.15, 0.2) is 18.2 Å². The van der Waals surface area contributed by atoms with Gasteiger partial charge >= 0.3 is 0 Å². The van der Waals surface area contributed by atoms with Crippen molar-refractivity contribution in [2.75, 3.05) is 0 Å². The van der Waals surface area contributed by atoms with Crippen LogP contribution in [0.25, 0.3) is 0 Å². The van der Waals surface area contributed by atoms with Gasteiger partial charge < -0.3 is 0 Å². The van der Waals surface area contributed by atoms with Crippen LogP contribution in [0.4, 0.5) is 0 Å². The van der Waals surface area contributed by atoms with Crippen molar-refractivity contribution >= 4 is 5.78 Å². The van der Waals surface area contributed by atoms with Crippen LogP contribution in [-0.2, 0) is 4.79 Å². The highest BCUT2D eigenvalue weighted by atomic mass is 16.1. The number of rotatable bonds is 2. The SMILES string of the molecule is CCC1C(=O)CC1c1cc(C)cc(C)c1. The highest BCUT2D eigenvalue weighted by Crippen LogP contribution is 2.41. The second kappa shape index (κ2) is 3.80. The van der Waals surface area contributed by atoms with Crippen LogP contribution < -0.4 is 0 Å². The Labute approximate surface area is 91.5 Å². The van der Waals surface area contributed by atoms with Crippen molar-refractivity contribution in [3.8, 4) is 0 Å². The van der Waals surface area contributed by atoms with Gasteiger partial charge in [-0.15, -0.1) is 0 Å². The van der Waals surface area contributed by atoms with Gasteiger partial charge in [0.15, 0.2) is 0 Å². The molecule has 0 aromatic heterocycles. The molecule has 1 aliphatic rings. The number of hydrogen-bond acceptors (Lipinski definition) is 1. The van der Waals surface area contributed by atoms with Gasteiger partial charge in [-0.3, -0.25) is 4.79 Å². The molecule has 80 valence electrons. The van der Waals surface area contributed by atoms with Gasteiger partial charge in [0, 0.05) is 18.3 Å². The molecule has 0 heterocycles. The number of Topliss-reactive ketones (excluding diaryl/α,β-unsaturated/α-hetero) is 1. The molecule has 0 N–H and O–H groups in total. The quantitative estimate of drug-likeness (QED) is 0.718. The van der Waals surface area contributed by atoms with Crippen molar-refractivity contribution < 1.29 is 4.79 Å². The lowest BCUT2D eigenvalue weighted by atomic mass is 9.67. The van der Waals surface area contributed by atoms with Gasteiger partial charge in [-0.25, -0.2) is 0 Å². The molecule has 15 heavy (non-hydrogen) atoms. The minimum Gasteiger partial charge on any atom is -0.299 e. The molecule has 1 nitrogen and oxygen atoms in total. The average Bonchev–Trinajstić information content (AvgIpc) is 2.13. The first-order valence-electron chi connectivity index (χ1n) is 5.72. The molecule has 1 fully saturated rings. The Kier molecular flexibility index (Phi) is 2.64. The zero-order chi connectivity index (χ0) is 11.0. The maximum absolute atomic E-state index is 11.4. The molecular weight excluding hydrogens is 184 g/mol. The predicted octanol–water partition coefficient (Wildman–Crippen LogP) is 3.39. The first kappa shape index (κ1) is 10.4. The van der Waals surface area contributed by atoms with E-state index < -0.39 is 0 Å². The molecule has 1 aromatic rings. The Bertz CT molecular complexity index is 372. The fourth-order valence-electron chi connectivity index (χ4n) is 2.66. The Morgan fingerprint density at radius 2 is 1.80 bits per heavy atom. The molecular formula is C14H18O.